The van der Waals surface area contributed by atoms with E-state index in [4.69, 9.17) is 4.74 Å². The SMILES string of the molecule is CCC(=O)N(CCCOC)CC(=O)N1CCc2sccc2[C@@H]1c1ccccc1. The molecule has 2 aromatic rings. The highest BCUT2D eigenvalue weighted by Gasteiger charge is 2.33. The molecule has 0 N–H and O–H groups in total. The molecular weight excluding hydrogens is 372 g/mol. The molecule has 3 rings (SSSR count). The zero-order chi connectivity index (χ0) is 19.9. The Labute approximate surface area is 170 Å². The van der Waals surface area contributed by atoms with Gasteiger partial charge in [-0.05, 0) is 35.4 Å². The molecule has 1 aliphatic rings. The molecule has 1 aromatic carbocycles. The lowest BCUT2D eigenvalue weighted by Crippen LogP contribution is -2.47. The molecule has 0 saturated heterocycles. The van der Waals surface area contributed by atoms with Crippen LogP contribution >= 0.6 is 11.3 Å². The number of carbonyl (C=O) groups is 2. The third-order valence-corrected chi connectivity index (χ3v) is 6.16. The van der Waals surface area contributed by atoms with E-state index in [1.54, 1.807) is 23.3 Å². The molecule has 0 radical (unpaired) electrons. The summed E-state index contributed by atoms with van der Waals surface area (Å²) in [7, 11) is 1.65. The summed E-state index contributed by atoms with van der Waals surface area (Å²) in [5.74, 6) is 0.0128. The Morgan fingerprint density at radius 1 is 1.25 bits per heavy atom. The first-order chi connectivity index (χ1) is 13.7. The molecule has 6 heteroatoms. The molecule has 5 nitrogen and oxygen atoms in total. The van der Waals surface area contributed by atoms with Crippen molar-refractivity contribution in [3.8, 4) is 0 Å². The van der Waals surface area contributed by atoms with Crippen molar-refractivity contribution in [3.05, 3.63) is 57.8 Å². The Morgan fingerprint density at radius 3 is 2.75 bits per heavy atom. The Kier molecular flexibility index (Phi) is 7.23. The predicted molar refractivity (Wildman–Crippen MR) is 111 cm³/mol. The number of nitrogens with zero attached hydrogens (tertiary/aromatic N) is 2. The summed E-state index contributed by atoms with van der Waals surface area (Å²) in [5, 5.41) is 2.10. The van der Waals surface area contributed by atoms with E-state index in [1.165, 1.54) is 10.4 Å². The van der Waals surface area contributed by atoms with Gasteiger partial charge in [0.05, 0.1) is 12.6 Å². The number of ether oxygens (including phenoxy) is 1. The second-order valence-electron chi connectivity index (χ2n) is 6.96. The number of hydrogen-bond donors (Lipinski definition) is 0. The van der Waals surface area contributed by atoms with Gasteiger partial charge in [0, 0.05) is 38.1 Å². The maximum absolute atomic E-state index is 13.3. The smallest absolute Gasteiger partial charge is 0.242 e. The van der Waals surface area contributed by atoms with Crippen molar-refractivity contribution in [1.29, 1.82) is 0 Å². The van der Waals surface area contributed by atoms with E-state index >= 15 is 0 Å². The predicted octanol–water partition coefficient (Wildman–Crippen LogP) is 3.50. The number of carbonyl (C=O) groups excluding carboxylic acids is 2. The van der Waals surface area contributed by atoms with Gasteiger partial charge < -0.3 is 14.5 Å². The van der Waals surface area contributed by atoms with E-state index < -0.39 is 0 Å². The summed E-state index contributed by atoms with van der Waals surface area (Å²) in [6.45, 7) is 3.76. The lowest BCUT2D eigenvalue weighted by molar-refractivity contribution is -0.141. The van der Waals surface area contributed by atoms with Crippen molar-refractivity contribution in [2.24, 2.45) is 0 Å². The van der Waals surface area contributed by atoms with Gasteiger partial charge in [-0.3, -0.25) is 9.59 Å². The van der Waals surface area contributed by atoms with Crippen LogP contribution in [0.25, 0.3) is 0 Å². The van der Waals surface area contributed by atoms with Crippen LogP contribution in [0.4, 0.5) is 0 Å². The van der Waals surface area contributed by atoms with Crippen molar-refractivity contribution in [1.82, 2.24) is 9.80 Å². The topological polar surface area (TPSA) is 49.9 Å². The van der Waals surface area contributed by atoms with Crippen LogP contribution < -0.4 is 0 Å². The third-order valence-electron chi connectivity index (χ3n) is 5.16. The summed E-state index contributed by atoms with van der Waals surface area (Å²) in [5.41, 5.74) is 2.33. The number of methoxy groups -OCH3 is 1. The van der Waals surface area contributed by atoms with Crippen LogP contribution in [-0.2, 0) is 20.7 Å². The average molecular weight is 401 g/mol. The average Bonchev–Trinajstić information content (AvgIpc) is 3.21. The summed E-state index contributed by atoms with van der Waals surface area (Å²) in [4.78, 5) is 30.6. The largest absolute Gasteiger partial charge is 0.385 e. The first kappa shape index (κ1) is 20.6. The number of hydrogen-bond acceptors (Lipinski definition) is 4. The van der Waals surface area contributed by atoms with Gasteiger partial charge in [0.1, 0.15) is 0 Å². The molecular formula is C22H28N2O3S. The van der Waals surface area contributed by atoms with Crippen LogP contribution in [0.15, 0.2) is 41.8 Å². The van der Waals surface area contributed by atoms with E-state index in [1.807, 2.05) is 30.0 Å². The number of rotatable bonds is 8. The molecule has 0 bridgehead atoms. The lowest BCUT2D eigenvalue weighted by atomic mass is 9.93. The lowest BCUT2D eigenvalue weighted by Gasteiger charge is -2.37. The van der Waals surface area contributed by atoms with Crippen molar-refractivity contribution in [3.63, 3.8) is 0 Å². The van der Waals surface area contributed by atoms with Gasteiger partial charge in [0.15, 0.2) is 0 Å². The van der Waals surface area contributed by atoms with Gasteiger partial charge in [-0.15, -0.1) is 11.3 Å². The van der Waals surface area contributed by atoms with Crippen molar-refractivity contribution < 1.29 is 14.3 Å². The fourth-order valence-corrected chi connectivity index (χ4v) is 4.65. The van der Waals surface area contributed by atoms with E-state index in [-0.39, 0.29) is 24.4 Å². The van der Waals surface area contributed by atoms with E-state index in [0.717, 1.165) is 18.4 Å². The van der Waals surface area contributed by atoms with Crippen molar-refractivity contribution in [2.45, 2.75) is 32.2 Å². The fourth-order valence-electron chi connectivity index (χ4n) is 3.75. The minimum absolute atomic E-state index is 0.00456. The Morgan fingerprint density at radius 2 is 2.04 bits per heavy atom. The molecule has 1 aliphatic heterocycles. The van der Waals surface area contributed by atoms with Crippen molar-refractivity contribution in [2.75, 3.05) is 33.4 Å². The maximum atomic E-state index is 13.3. The number of benzene rings is 1. The Bertz CT molecular complexity index is 790. The fraction of sp³-hybridized carbons (Fsp3) is 0.455. The molecule has 0 unspecified atom stereocenters. The van der Waals surface area contributed by atoms with Gasteiger partial charge in [-0.1, -0.05) is 37.3 Å². The molecule has 2 heterocycles. The van der Waals surface area contributed by atoms with E-state index in [0.29, 0.717) is 26.1 Å². The highest BCUT2D eigenvalue weighted by molar-refractivity contribution is 7.10. The van der Waals surface area contributed by atoms with Crippen LogP contribution in [-0.4, -0.2) is 55.0 Å². The first-order valence-corrected chi connectivity index (χ1v) is 10.7. The second kappa shape index (κ2) is 9.85. The Balaban J connectivity index is 1.81. The molecule has 1 aromatic heterocycles. The summed E-state index contributed by atoms with van der Waals surface area (Å²) < 4.78 is 5.10. The second-order valence-corrected chi connectivity index (χ2v) is 7.97. The minimum atomic E-state index is -0.0822. The van der Waals surface area contributed by atoms with E-state index in [2.05, 4.69) is 23.6 Å². The van der Waals surface area contributed by atoms with Gasteiger partial charge in [-0.2, -0.15) is 0 Å². The third kappa shape index (κ3) is 4.62. The highest BCUT2D eigenvalue weighted by Crippen LogP contribution is 2.37. The maximum Gasteiger partial charge on any atom is 0.242 e. The monoisotopic (exact) mass is 400 g/mol. The first-order valence-electron chi connectivity index (χ1n) is 9.83. The molecule has 0 spiro atoms. The van der Waals surface area contributed by atoms with Gasteiger partial charge in [0.25, 0.3) is 0 Å². The van der Waals surface area contributed by atoms with Crippen molar-refractivity contribution >= 4 is 23.2 Å². The van der Waals surface area contributed by atoms with Crippen LogP contribution in [0.3, 0.4) is 0 Å². The molecule has 2 amide bonds. The van der Waals surface area contributed by atoms with Gasteiger partial charge >= 0.3 is 0 Å². The highest BCUT2D eigenvalue weighted by atomic mass is 32.1. The van der Waals surface area contributed by atoms with Crippen LogP contribution in [0.1, 0.15) is 41.8 Å². The quantitative estimate of drug-likeness (QED) is 0.637. The summed E-state index contributed by atoms with van der Waals surface area (Å²) in [6, 6.07) is 12.2. The summed E-state index contributed by atoms with van der Waals surface area (Å²) in [6.07, 6.45) is 2.00. The molecule has 150 valence electrons. The number of fused-ring (bicyclic) bond motifs is 1. The Hall–Kier alpha value is -2.18. The van der Waals surface area contributed by atoms with Crippen LogP contribution in [0, 0.1) is 0 Å². The molecule has 28 heavy (non-hydrogen) atoms. The standard InChI is InChI=1S/C22H28N2O3S/c1-3-20(25)23(12-7-14-27-2)16-21(26)24-13-10-19-18(11-15-28-19)22(24)17-8-5-4-6-9-17/h4-6,8-9,11,15,22H,3,7,10,12-14,16H2,1-2H3/t22-/m0/s1. The minimum Gasteiger partial charge on any atom is -0.385 e. The van der Waals surface area contributed by atoms with Gasteiger partial charge in [-0.25, -0.2) is 0 Å². The number of amides is 2. The zero-order valence-electron chi connectivity index (χ0n) is 16.6. The summed E-state index contributed by atoms with van der Waals surface area (Å²) >= 11 is 1.76. The van der Waals surface area contributed by atoms with Crippen LogP contribution in [0.5, 0.6) is 0 Å². The van der Waals surface area contributed by atoms with E-state index in [9.17, 15) is 9.59 Å². The normalized spacial score (nSPS) is 15.9. The van der Waals surface area contributed by atoms with Crippen LogP contribution in [0.2, 0.25) is 0 Å². The molecule has 0 aliphatic carbocycles. The number of thiophene rings is 1. The van der Waals surface area contributed by atoms with Gasteiger partial charge in [0.2, 0.25) is 11.8 Å². The zero-order valence-corrected chi connectivity index (χ0v) is 17.4. The molecule has 0 fully saturated rings. The molecule has 0 saturated carbocycles. The molecule has 1 atom stereocenters.